The van der Waals surface area contributed by atoms with Crippen molar-refractivity contribution in [1.82, 2.24) is 4.90 Å². The molecule has 2 amide bonds. The fraction of sp³-hybridized carbons (Fsp3) is 0.273. The van der Waals surface area contributed by atoms with E-state index in [-0.39, 0.29) is 18.8 Å². The third-order valence-electron chi connectivity index (χ3n) is 2.19. The first-order chi connectivity index (χ1) is 8.45. The number of urea groups is 1. The second kappa shape index (κ2) is 6.47. The lowest BCUT2D eigenvalue weighted by Gasteiger charge is -2.20. The number of amides is 2. The molecule has 5 nitrogen and oxygen atoms in total. The van der Waals surface area contributed by atoms with E-state index in [4.69, 9.17) is 28.3 Å². The van der Waals surface area contributed by atoms with E-state index in [0.29, 0.717) is 10.0 Å². The number of nitrogens with one attached hydrogen (secondary N) is 1. The summed E-state index contributed by atoms with van der Waals surface area (Å²) in [5, 5.41) is 11.7. The zero-order chi connectivity index (χ0) is 13.7. The first-order valence-corrected chi connectivity index (χ1v) is 5.93. The number of carboxylic acids is 1. The largest absolute Gasteiger partial charge is 0.480 e. The van der Waals surface area contributed by atoms with Gasteiger partial charge in [-0.2, -0.15) is 0 Å². The maximum absolute atomic E-state index is 11.8. The molecule has 0 bridgehead atoms. The van der Waals surface area contributed by atoms with Crippen molar-refractivity contribution in [2.24, 2.45) is 0 Å². The predicted octanol–water partition coefficient (Wildman–Crippen LogP) is 2.93. The molecule has 1 rings (SSSR count). The van der Waals surface area contributed by atoms with E-state index in [1.165, 1.54) is 0 Å². The molecular formula is C11H12Cl2N2O3. The molecule has 0 spiro atoms. The van der Waals surface area contributed by atoms with Gasteiger partial charge < -0.3 is 15.3 Å². The van der Waals surface area contributed by atoms with Crippen LogP contribution in [0.2, 0.25) is 10.0 Å². The van der Waals surface area contributed by atoms with Crippen molar-refractivity contribution in [3.63, 3.8) is 0 Å². The van der Waals surface area contributed by atoms with Gasteiger partial charge in [0.1, 0.15) is 6.54 Å². The van der Waals surface area contributed by atoms with E-state index >= 15 is 0 Å². The summed E-state index contributed by atoms with van der Waals surface area (Å²) in [4.78, 5) is 23.5. The van der Waals surface area contributed by atoms with Crippen molar-refractivity contribution in [2.75, 3.05) is 18.4 Å². The molecule has 0 aliphatic rings. The molecule has 1 aromatic rings. The summed E-state index contributed by atoms with van der Waals surface area (Å²) in [6, 6.07) is 4.25. The van der Waals surface area contributed by atoms with Crippen LogP contribution < -0.4 is 5.32 Å². The highest BCUT2D eigenvalue weighted by molar-refractivity contribution is 6.39. The highest BCUT2D eigenvalue weighted by atomic mass is 35.5. The number of nitrogens with zero attached hydrogens (tertiary/aromatic N) is 1. The maximum atomic E-state index is 11.8. The fourth-order valence-corrected chi connectivity index (χ4v) is 1.79. The van der Waals surface area contributed by atoms with Crippen molar-refractivity contribution < 1.29 is 14.7 Å². The number of hydrogen-bond acceptors (Lipinski definition) is 2. The van der Waals surface area contributed by atoms with Crippen LogP contribution in [0.4, 0.5) is 10.5 Å². The molecule has 0 radical (unpaired) electrons. The van der Waals surface area contributed by atoms with Crippen molar-refractivity contribution in [2.45, 2.75) is 6.92 Å². The van der Waals surface area contributed by atoms with E-state index < -0.39 is 12.0 Å². The van der Waals surface area contributed by atoms with E-state index in [0.717, 1.165) is 4.90 Å². The molecule has 0 aliphatic carbocycles. The van der Waals surface area contributed by atoms with Gasteiger partial charge in [-0.25, -0.2) is 4.79 Å². The summed E-state index contributed by atoms with van der Waals surface area (Å²) in [7, 11) is 0. The van der Waals surface area contributed by atoms with Crippen LogP contribution in [-0.4, -0.2) is 35.1 Å². The average Bonchev–Trinajstić information content (AvgIpc) is 2.30. The number of anilines is 1. The summed E-state index contributed by atoms with van der Waals surface area (Å²) >= 11 is 11.8. The average molecular weight is 291 g/mol. The van der Waals surface area contributed by atoms with Crippen molar-refractivity contribution in [3.8, 4) is 0 Å². The number of rotatable bonds is 4. The molecule has 0 unspecified atom stereocenters. The Morgan fingerprint density at radius 2 is 1.89 bits per heavy atom. The second-order valence-corrected chi connectivity index (χ2v) is 4.25. The Morgan fingerprint density at radius 1 is 1.33 bits per heavy atom. The highest BCUT2D eigenvalue weighted by Crippen LogP contribution is 2.29. The molecule has 0 fully saturated rings. The third kappa shape index (κ3) is 3.78. The van der Waals surface area contributed by atoms with Gasteiger partial charge in [0, 0.05) is 6.54 Å². The number of halogens is 2. The minimum Gasteiger partial charge on any atom is -0.480 e. The van der Waals surface area contributed by atoms with Gasteiger partial charge in [-0.05, 0) is 19.1 Å². The first kappa shape index (κ1) is 14.6. The van der Waals surface area contributed by atoms with Gasteiger partial charge in [0.2, 0.25) is 0 Å². The van der Waals surface area contributed by atoms with Crippen LogP contribution in [0.3, 0.4) is 0 Å². The van der Waals surface area contributed by atoms with Crippen LogP contribution >= 0.6 is 23.2 Å². The molecule has 7 heteroatoms. The summed E-state index contributed by atoms with van der Waals surface area (Å²) in [6.45, 7) is 1.56. The van der Waals surface area contributed by atoms with Crippen LogP contribution in [0.1, 0.15) is 6.92 Å². The van der Waals surface area contributed by atoms with Crippen LogP contribution in [0.5, 0.6) is 0 Å². The normalized spacial score (nSPS) is 9.94. The molecule has 98 valence electrons. The van der Waals surface area contributed by atoms with E-state index in [9.17, 15) is 9.59 Å². The lowest BCUT2D eigenvalue weighted by molar-refractivity contribution is -0.137. The molecule has 0 aliphatic heterocycles. The Balaban J connectivity index is 2.83. The van der Waals surface area contributed by atoms with E-state index in [1.54, 1.807) is 25.1 Å². The summed E-state index contributed by atoms with van der Waals surface area (Å²) in [5.74, 6) is -1.09. The second-order valence-electron chi connectivity index (χ2n) is 3.43. The zero-order valence-corrected chi connectivity index (χ0v) is 11.1. The van der Waals surface area contributed by atoms with Gasteiger partial charge >= 0.3 is 12.0 Å². The topological polar surface area (TPSA) is 69.6 Å². The lowest BCUT2D eigenvalue weighted by atomic mass is 10.3. The molecule has 0 aromatic heterocycles. The molecule has 0 saturated carbocycles. The number of carbonyl (C=O) groups is 2. The van der Waals surface area contributed by atoms with Gasteiger partial charge in [0.05, 0.1) is 15.7 Å². The number of benzene rings is 1. The van der Waals surface area contributed by atoms with Crippen molar-refractivity contribution in [1.29, 1.82) is 0 Å². The Hall–Kier alpha value is -1.46. The molecule has 0 heterocycles. The summed E-state index contributed by atoms with van der Waals surface area (Å²) in [6.07, 6.45) is 0. The maximum Gasteiger partial charge on any atom is 0.323 e. The van der Waals surface area contributed by atoms with Crippen LogP contribution in [0, 0.1) is 0 Å². The molecule has 2 N–H and O–H groups in total. The van der Waals surface area contributed by atoms with Crippen LogP contribution in [0.15, 0.2) is 18.2 Å². The molecule has 0 atom stereocenters. The zero-order valence-electron chi connectivity index (χ0n) is 9.61. The molecular weight excluding hydrogens is 279 g/mol. The van der Waals surface area contributed by atoms with Gasteiger partial charge in [-0.1, -0.05) is 29.3 Å². The fourth-order valence-electron chi connectivity index (χ4n) is 1.29. The van der Waals surface area contributed by atoms with E-state index in [2.05, 4.69) is 5.32 Å². The summed E-state index contributed by atoms with van der Waals surface area (Å²) in [5.41, 5.74) is 0.273. The standard InChI is InChI=1S/C11H12Cl2N2O3/c1-2-15(6-9(16)17)11(18)14-10-7(12)4-3-5-8(10)13/h3-5H,2,6H2,1H3,(H,14,18)(H,16,17). The Labute approximate surface area is 114 Å². The van der Waals surface area contributed by atoms with Gasteiger partial charge in [0.25, 0.3) is 0 Å². The van der Waals surface area contributed by atoms with Gasteiger partial charge in [-0.15, -0.1) is 0 Å². The van der Waals surface area contributed by atoms with Crippen LogP contribution in [-0.2, 0) is 4.79 Å². The number of hydrogen-bond donors (Lipinski definition) is 2. The number of carbonyl (C=O) groups excluding carboxylic acids is 1. The molecule has 18 heavy (non-hydrogen) atoms. The van der Waals surface area contributed by atoms with Crippen LogP contribution in [0.25, 0.3) is 0 Å². The lowest BCUT2D eigenvalue weighted by Crippen LogP contribution is -2.38. The number of aliphatic carboxylic acids is 1. The SMILES string of the molecule is CCN(CC(=O)O)C(=O)Nc1c(Cl)cccc1Cl. The number of carboxylic acid groups (broad SMARTS) is 1. The molecule has 0 saturated heterocycles. The monoisotopic (exact) mass is 290 g/mol. The predicted molar refractivity (Wildman–Crippen MR) is 70.4 cm³/mol. The number of likely N-dealkylation sites (N-methyl/N-ethyl adjacent to an activating group) is 1. The highest BCUT2D eigenvalue weighted by Gasteiger charge is 2.17. The minimum absolute atomic E-state index is 0.264. The minimum atomic E-state index is -1.09. The van der Waals surface area contributed by atoms with Gasteiger partial charge in [0.15, 0.2) is 0 Å². The Bertz CT molecular complexity index is 445. The molecule has 1 aromatic carbocycles. The summed E-state index contributed by atoms with van der Waals surface area (Å²) < 4.78 is 0. The first-order valence-electron chi connectivity index (χ1n) is 5.17. The quantitative estimate of drug-likeness (QED) is 0.896. The van der Waals surface area contributed by atoms with Crippen molar-refractivity contribution in [3.05, 3.63) is 28.2 Å². The Kier molecular flexibility index (Phi) is 5.25. The third-order valence-corrected chi connectivity index (χ3v) is 2.82. The number of para-hydroxylation sites is 1. The smallest absolute Gasteiger partial charge is 0.323 e. The Morgan fingerprint density at radius 3 is 2.33 bits per heavy atom. The van der Waals surface area contributed by atoms with E-state index in [1.807, 2.05) is 0 Å². The van der Waals surface area contributed by atoms with Crippen molar-refractivity contribution >= 4 is 40.9 Å². The van der Waals surface area contributed by atoms with Gasteiger partial charge in [-0.3, -0.25) is 4.79 Å².